The molecule has 1 rings (SSSR count). The van der Waals surface area contributed by atoms with Gasteiger partial charge in [0, 0.05) is 11.8 Å². The van der Waals surface area contributed by atoms with Crippen LogP contribution in [0, 0.1) is 13.8 Å². The lowest BCUT2D eigenvalue weighted by atomic mass is 10.0. The Bertz CT molecular complexity index is 495. The molecule has 102 valence electrons. The van der Waals surface area contributed by atoms with Crippen molar-refractivity contribution in [2.45, 2.75) is 33.2 Å². The van der Waals surface area contributed by atoms with Gasteiger partial charge in [-0.15, -0.1) is 0 Å². The Morgan fingerprint density at radius 1 is 1.28 bits per heavy atom. The average Bonchev–Trinajstić information content (AvgIpc) is 2.29. The molecule has 0 aliphatic rings. The Balaban J connectivity index is 3.00. The van der Waals surface area contributed by atoms with Crippen molar-refractivity contribution < 1.29 is 8.42 Å². The van der Waals surface area contributed by atoms with Gasteiger partial charge in [-0.1, -0.05) is 30.7 Å². The van der Waals surface area contributed by atoms with E-state index in [0.717, 1.165) is 16.7 Å². The SMILES string of the molecule is CCCS(=O)(=O)CC(NC)c1cc(C)ccc1C. The largest absolute Gasteiger partial charge is 0.312 e. The fourth-order valence-electron chi connectivity index (χ4n) is 2.11. The van der Waals surface area contributed by atoms with Crippen LogP contribution in [0.3, 0.4) is 0 Å². The Morgan fingerprint density at radius 2 is 1.94 bits per heavy atom. The van der Waals surface area contributed by atoms with Crippen LogP contribution in [0.4, 0.5) is 0 Å². The zero-order chi connectivity index (χ0) is 13.8. The summed E-state index contributed by atoms with van der Waals surface area (Å²) >= 11 is 0. The Morgan fingerprint density at radius 3 is 2.50 bits per heavy atom. The van der Waals surface area contributed by atoms with Gasteiger partial charge >= 0.3 is 0 Å². The van der Waals surface area contributed by atoms with Gasteiger partial charge in [0.25, 0.3) is 0 Å². The third kappa shape index (κ3) is 4.10. The molecule has 0 heterocycles. The minimum atomic E-state index is -2.98. The van der Waals surface area contributed by atoms with Crippen molar-refractivity contribution in [3.8, 4) is 0 Å². The lowest BCUT2D eigenvalue weighted by molar-refractivity contribution is 0.572. The van der Waals surface area contributed by atoms with Gasteiger partial charge in [0.15, 0.2) is 9.84 Å². The van der Waals surface area contributed by atoms with Crippen LogP contribution in [0.15, 0.2) is 18.2 Å². The van der Waals surface area contributed by atoms with Crippen LogP contribution >= 0.6 is 0 Å². The summed E-state index contributed by atoms with van der Waals surface area (Å²) in [6, 6.07) is 6.03. The van der Waals surface area contributed by atoms with Crippen molar-refractivity contribution in [2.75, 3.05) is 18.6 Å². The van der Waals surface area contributed by atoms with Crippen LogP contribution in [0.2, 0.25) is 0 Å². The Kier molecular flexibility index (Phi) is 5.35. The molecule has 0 bridgehead atoms. The molecule has 1 N–H and O–H groups in total. The summed E-state index contributed by atoms with van der Waals surface area (Å²) in [4.78, 5) is 0. The van der Waals surface area contributed by atoms with Crippen LogP contribution in [0.25, 0.3) is 0 Å². The topological polar surface area (TPSA) is 46.2 Å². The Hall–Kier alpha value is -0.870. The van der Waals surface area contributed by atoms with Gasteiger partial charge in [0.2, 0.25) is 0 Å². The van der Waals surface area contributed by atoms with Gasteiger partial charge in [-0.05, 0) is 38.4 Å². The molecule has 0 saturated carbocycles. The van der Waals surface area contributed by atoms with Crippen LogP contribution in [-0.4, -0.2) is 27.0 Å². The number of benzene rings is 1. The number of hydrogen-bond acceptors (Lipinski definition) is 3. The molecule has 0 amide bonds. The molecule has 0 spiro atoms. The van der Waals surface area contributed by atoms with E-state index in [-0.39, 0.29) is 17.5 Å². The highest BCUT2D eigenvalue weighted by molar-refractivity contribution is 7.91. The maximum atomic E-state index is 11.9. The molecule has 3 nitrogen and oxygen atoms in total. The third-order valence-corrected chi connectivity index (χ3v) is 4.97. The molecule has 0 aliphatic carbocycles. The van der Waals surface area contributed by atoms with E-state index in [1.54, 1.807) is 0 Å². The first kappa shape index (κ1) is 15.2. The van der Waals surface area contributed by atoms with E-state index < -0.39 is 9.84 Å². The van der Waals surface area contributed by atoms with Crippen molar-refractivity contribution in [1.29, 1.82) is 0 Å². The predicted molar refractivity (Wildman–Crippen MR) is 76.7 cm³/mol. The highest BCUT2D eigenvalue weighted by Gasteiger charge is 2.20. The number of aryl methyl sites for hydroxylation is 2. The molecular formula is C14H23NO2S. The van der Waals surface area contributed by atoms with Crippen LogP contribution in [0.5, 0.6) is 0 Å². The maximum absolute atomic E-state index is 11.9. The fourth-order valence-corrected chi connectivity index (χ4v) is 3.75. The molecule has 0 aromatic heterocycles. The van der Waals surface area contributed by atoms with E-state index in [0.29, 0.717) is 6.42 Å². The normalized spacial score (nSPS) is 13.6. The molecule has 0 fully saturated rings. The van der Waals surface area contributed by atoms with Crippen LogP contribution in [-0.2, 0) is 9.84 Å². The van der Waals surface area contributed by atoms with Crippen molar-refractivity contribution in [2.24, 2.45) is 0 Å². The molecule has 0 aliphatic heterocycles. The molecule has 1 unspecified atom stereocenters. The van der Waals surface area contributed by atoms with E-state index in [1.165, 1.54) is 0 Å². The average molecular weight is 269 g/mol. The molecule has 18 heavy (non-hydrogen) atoms. The first-order valence-corrected chi connectivity index (χ1v) is 8.16. The van der Waals surface area contributed by atoms with Crippen molar-refractivity contribution in [1.82, 2.24) is 5.32 Å². The monoisotopic (exact) mass is 269 g/mol. The lowest BCUT2D eigenvalue weighted by Gasteiger charge is -2.19. The minimum absolute atomic E-state index is 0.124. The Labute approximate surface area is 111 Å². The van der Waals surface area contributed by atoms with Gasteiger partial charge < -0.3 is 5.32 Å². The van der Waals surface area contributed by atoms with Gasteiger partial charge in [-0.25, -0.2) is 8.42 Å². The summed E-state index contributed by atoms with van der Waals surface area (Å²) in [5, 5.41) is 3.12. The lowest BCUT2D eigenvalue weighted by Crippen LogP contribution is -2.27. The van der Waals surface area contributed by atoms with E-state index >= 15 is 0 Å². The van der Waals surface area contributed by atoms with Crippen LogP contribution < -0.4 is 5.32 Å². The molecule has 1 aromatic carbocycles. The first-order chi connectivity index (χ1) is 8.39. The molecule has 1 atom stereocenters. The van der Waals surface area contributed by atoms with Gasteiger partial charge in [0.05, 0.1) is 5.75 Å². The predicted octanol–water partition coefficient (Wildman–Crippen LogP) is 2.39. The third-order valence-electron chi connectivity index (χ3n) is 3.09. The molecular weight excluding hydrogens is 246 g/mol. The second-order valence-corrected chi connectivity index (χ2v) is 7.04. The number of hydrogen-bond donors (Lipinski definition) is 1. The van der Waals surface area contributed by atoms with Gasteiger partial charge in [-0.3, -0.25) is 0 Å². The summed E-state index contributed by atoms with van der Waals surface area (Å²) in [5.74, 6) is 0.428. The van der Waals surface area contributed by atoms with Crippen molar-refractivity contribution in [3.05, 3.63) is 34.9 Å². The summed E-state index contributed by atoms with van der Waals surface area (Å²) in [6.45, 7) is 5.94. The smallest absolute Gasteiger partial charge is 0.152 e. The zero-order valence-corrected chi connectivity index (χ0v) is 12.5. The van der Waals surface area contributed by atoms with Gasteiger partial charge in [-0.2, -0.15) is 0 Å². The first-order valence-electron chi connectivity index (χ1n) is 6.34. The number of nitrogens with one attached hydrogen (secondary N) is 1. The number of sulfone groups is 1. The van der Waals surface area contributed by atoms with Crippen molar-refractivity contribution in [3.63, 3.8) is 0 Å². The van der Waals surface area contributed by atoms with Crippen LogP contribution in [0.1, 0.15) is 36.1 Å². The summed E-state index contributed by atoms with van der Waals surface area (Å²) in [7, 11) is -1.17. The highest BCUT2D eigenvalue weighted by Crippen LogP contribution is 2.21. The maximum Gasteiger partial charge on any atom is 0.152 e. The minimum Gasteiger partial charge on any atom is -0.312 e. The second kappa shape index (κ2) is 6.34. The molecule has 0 radical (unpaired) electrons. The quantitative estimate of drug-likeness (QED) is 0.862. The summed E-state index contributed by atoms with van der Waals surface area (Å²) < 4.78 is 23.9. The molecule has 0 saturated heterocycles. The van der Waals surface area contributed by atoms with E-state index in [9.17, 15) is 8.42 Å². The second-order valence-electron chi connectivity index (χ2n) is 4.82. The van der Waals surface area contributed by atoms with Crippen molar-refractivity contribution >= 4 is 9.84 Å². The standard InChI is InChI=1S/C14H23NO2S/c1-5-8-18(16,17)10-14(15-4)13-9-11(2)6-7-12(13)3/h6-7,9,14-15H,5,8,10H2,1-4H3. The summed E-state index contributed by atoms with van der Waals surface area (Å²) in [6.07, 6.45) is 0.672. The van der Waals surface area contributed by atoms with E-state index in [1.807, 2.05) is 40.0 Å². The molecule has 4 heteroatoms. The highest BCUT2D eigenvalue weighted by atomic mass is 32.2. The zero-order valence-electron chi connectivity index (χ0n) is 11.7. The fraction of sp³-hybridized carbons (Fsp3) is 0.571. The van der Waals surface area contributed by atoms with E-state index in [4.69, 9.17) is 0 Å². The number of rotatable bonds is 6. The molecule has 1 aromatic rings. The van der Waals surface area contributed by atoms with Gasteiger partial charge in [0.1, 0.15) is 0 Å². The van der Waals surface area contributed by atoms with E-state index in [2.05, 4.69) is 11.4 Å². The summed E-state index contributed by atoms with van der Waals surface area (Å²) in [5.41, 5.74) is 3.37.